The molecule has 0 aliphatic carbocycles. The predicted molar refractivity (Wildman–Crippen MR) is 188 cm³/mol. The lowest BCUT2D eigenvalue weighted by atomic mass is 10.1. The zero-order chi connectivity index (χ0) is 33.7. The first-order chi connectivity index (χ1) is 22.3. The molecule has 0 bridgehead atoms. The van der Waals surface area contributed by atoms with Gasteiger partial charge in [0.15, 0.2) is 0 Å². The van der Waals surface area contributed by atoms with Crippen LogP contribution in [0.25, 0.3) is 0 Å². The summed E-state index contributed by atoms with van der Waals surface area (Å²) in [7, 11) is -4.59. The Hall–Kier alpha value is -2.45. The van der Waals surface area contributed by atoms with Crippen LogP contribution < -0.4 is 0 Å². The van der Waals surface area contributed by atoms with Gasteiger partial charge >= 0.3 is 11.9 Å². The molecule has 0 radical (unpaired) electrons. The molecule has 0 amide bonds. The van der Waals surface area contributed by atoms with E-state index in [1.54, 1.807) is 12.2 Å². The third kappa shape index (κ3) is 21.4. The molecule has 0 spiro atoms. The van der Waals surface area contributed by atoms with Crippen LogP contribution in [0.2, 0.25) is 0 Å². The van der Waals surface area contributed by atoms with E-state index < -0.39 is 27.0 Å². The normalized spacial score (nSPS) is 11.9. The molecule has 0 fully saturated rings. The van der Waals surface area contributed by atoms with Crippen LogP contribution in [-0.4, -0.2) is 24.9 Å². The quantitative estimate of drug-likeness (QED) is 0.0393. The first kappa shape index (κ1) is 41.6. The molecule has 0 saturated carbocycles. The number of allylic oxidation sites excluding steroid dienone is 2. The molecule has 0 aromatic heterocycles. The van der Waals surface area contributed by atoms with Crippen molar-refractivity contribution in [2.24, 2.45) is 0 Å². The van der Waals surface area contributed by atoms with Crippen molar-refractivity contribution in [1.82, 2.24) is 0 Å². The van der Waals surface area contributed by atoms with E-state index in [4.69, 9.17) is 9.47 Å². The summed E-state index contributed by atoms with van der Waals surface area (Å²) in [6, 6.07) is 3.13. The number of carbonyl (C=O) groups is 2. The minimum absolute atomic E-state index is 0.143. The second-order valence-electron chi connectivity index (χ2n) is 12.4. The maximum absolute atomic E-state index is 12.8. The molecule has 0 atom stereocenters. The maximum atomic E-state index is 12.8. The minimum atomic E-state index is -4.59. The van der Waals surface area contributed by atoms with Crippen molar-refractivity contribution in [3.63, 3.8) is 0 Å². The zero-order valence-electron chi connectivity index (χ0n) is 28.8. The van der Waals surface area contributed by atoms with Crippen molar-refractivity contribution in [2.75, 3.05) is 0 Å². The van der Waals surface area contributed by atoms with E-state index >= 15 is 0 Å². The molecule has 0 aliphatic heterocycles. The van der Waals surface area contributed by atoms with Crippen LogP contribution in [0.4, 0.5) is 0 Å². The van der Waals surface area contributed by atoms with E-state index in [2.05, 4.69) is 13.8 Å². The average molecular weight is 663 g/mol. The van der Waals surface area contributed by atoms with Gasteiger partial charge in [-0.05, 0) is 56.0 Å². The highest BCUT2D eigenvalue weighted by atomic mass is 32.2. The number of esters is 2. The van der Waals surface area contributed by atoms with Gasteiger partial charge in [0.1, 0.15) is 0 Å². The van der Waals surface area contributed by atoms with Crippen LogP contribution in [0.5, 0.6) is 0 Å². The fourth-order valence-electron chi connectivity index (χ4n) is 5.37. The molecule has 262 valence electrons. The van der Waals surface area contributed by atoms with Gasteiger partial charge < -0.3 is 9.47 Å². The molecular formula is C38H62O7S. The summed E-state index contributed by atoms with van der Waals surface area (Å²) in [5, 5.41) is 0. The van der Waals surface area contributed by atoms with Gasteiger partial charge in [-0.3, -0.25) is 4.55 Å². The highest BCUT2D eigenvalue weighted by Crippen LogP contribution is 2.19. The summed E-state index contributed by atoms with van der Waals surface area (Å²) in [5.74, 6) is -1.72. The Morgan fingerprint density at radius 2 is 0.913 bits per heavy atom. The molecule has 1 rings (SSSR count). The predicted octanol–water partition coefficient (Wildman–Crippen LogP) is 11.7. The Labute approximate surface area is 280 Å². The van der Waals surface area contributed by atoms with Crippen molar-refractivity contribution < 1.29 is 32.0 Å². The number of rotatable bonds is 29. The third-order valence-electron chi connectivity index (χ3n) is 8.22. The van der Waals surface area contributed by atoms with Gasteiger partial charge in [0.25, 0.3) is 10.1 Å². The summed E-state index contributed by atoms with van der Waals surface area (Å²) >= 11 is 0. The summed E-state index contributed by atoms with van der Waals surface area (Å²) < 4.78 is 43.2. The minimum Gasteiger partial charge on any atom is -0.431 e. The number of hydrogen-bond acceptors (Lipinski definition) is 6. The molecule has 1 aromatic carbocycles. The Morgan fingerprint density at radius 3 is 1.28 bits per heavy atom. The number of ether oxygens (including phenoxy) is 2. The summed E-state index contributed by atoms with van der Waals surface area (Å²) in [4.78, 5) is 25.0. The topological polar surface area (TPSA) is 107 Å². The van der Waals surface area contributed by atoms with Crippen molar-refractivity contribution in [1.29, 1.82) is 0 Å². The van der Waals surface area contributed by atoms with Gasteiger partial charge in [0.05, 0.1) is 28.5 Å². The van der Waals surface area contributed by atoms with Gasteiger partial charge in [-0.2, -0.15) is 8.42 Å². The lowest BCUT2D eigenvalue weighted by Crippen LogP contribution is -2.13. The third-order valence-corrected chi connectivity index (χ3v) is 9.07. The maximum Gasteiger partial charge on any atom is 0.343 e. The van der Waals surface area contributed by atoms with Crippen molar-refractivity contribution in [3.05, 3.63) is 54.0 Å². The van der Waals surface area contributed by atoms with Gasteiger partial charge in [0, 0.05) is 0 Å². The Balaban J connectivity index is 2.41. The fourth-order valence-corrected chi connectivity index (χ4v) is 5.87. The van der Waals surface area contributed by atoms with E-state index in [1.807, 2.05) is 0 Å². The zero-order valence-corrected chi connectivity index (χ0v) is 29.6. The SMILES string of the molecule is CCCCCCCCCCCCC/C=C/OC(=O)c1ccc(S(=O)(=O)O)cc1C(=O)O/C=C/CCCCCCCCCCCCC. The Bertz CT molecular complexity index is 1110. The van der Waals surface area contributed by atoms with Gasteiger partial charge in [-0.25, -0.2) is 9.59 Å². The second-order valence-corrected chi connectivity index (χ2v) is 13.8. The van der Waals surface area contributed by atoms with Crippen molar-refractivity contribution in [2.45, 2.75) is 173 Å². The smallest absolute Gasteiger partial charge is 0.343 e. The van der Waals surface area contributed by atoms with Crippen LogP contribution in [0.3, 0.4) is 0 Å². The monoisotopic (exact) mass is 662 g/mol. The first-order valence-corrected chi connectivity index (χ1v) is 19.6. The molecule has 8 heteroatoms. The van der Waals surface area contributed by atoms with E-state index in [-0.39, 0.29) is 11.1 Å². The van der Waals surface area contributed by atoms with Crippen LogP contribution in [0.15, 0.2) is 47.8 Å². The van der Waals surface area contributed by atoms with Crippen molar-refractivity contribution in [3.8, 4) is 0 Å². The number of hydrogen-bond donors (Lipinski definition) is 1. The largest absolute Gasteiger partial charge is 0.431 e. The summed E-state index contributed by atoms with van der Waals surface area (Å²) in [5.41, 5.74) is -0.436. The molecule has 7 nitrogen and oxygen atoms in total. The van der Waals surface area contributed by atoms with Crippen LogP contribution in [-0.2, 0) is 19.6 Å². The second kappa shape index (κ2) is 27.6. The van der Waals surface area contributed by atoms with E-state index in [9.17, 15) is 22.6 Å². The molecule has 0 aliphatic rings. The number of carbonyl (C=O) groups excluding carboxylic acids is 2. The van der Waals surface area contributed by atoms with Crippen LogP contribution in [0, 0.1) is 0 Å². The van der Waals surface area contributed by atoms with E-state index in [1.165, 1.54) is 128 Å². The molecule has 1 N–H and O–H groups in total. The lowest BCUT2D eigenvalue weighted by Gasteiger charge is -2.08. The summed E-state index contributed by atoms with van der Waals surface area (Å²) in [6.45, 7) is 4.47. The standard InChI is InChI=1S/C38H62O7S/c1-3-5-7-9-11-13-15-17-19-21-23-25-27-31-44-37(39)35-30-29-34(46(41,42)43)33-36(35)38(40)45-32-28-26-24-22-20-18-16-14-12-10-8-6-4-2/h27-33H,3-26H2,1-2H3,(H,41,42,43)/b31-27+,32-28+. The average Bonchev–Trinajstić information content (AvgIpc) is 3.04. The molecular weight excluding hydrogens is 600 g/mol. The molecule has 46 heavy (non-hydrogen) atoms. The lowest BCUT2D eigenvalue weighted by molar-refractivity contribution is 0.0617. The Kier molecular flexibility index (Phi) is 25.0. The molecule has 0 saturated heterocycles. The van der Waals surface area contributed by atoms with Gasteiger partial charge in [0.2, 0.25) is 0 Å². The first-order valence-electron chi connectivity index (χ1n) is 18.1. The van der Waals surface area contributed by atoms with Crippen LogP contribution >= 0.6 is 0 Å². The summed E-state index contributed by atoms with van der Waals surface area (Å²) in [6.07, 6.45) is 35.2. The molecule has 1 aromatic rings. The fraction of sp³-hybridized carbons (Fsp3) is 0.684. The Morgan fingerprint density at radius 1 is 0.565 bits per heavy atom. The van der Waals surface area contributed by atoms with E-state index in [0.29, 0.717) is 0 Å². The van der Waals surface area contributed by atoms with Gasteiger partial charge in [-0.1, -0.05) is 142 Å². The molecule has 0 heterocycles. The number of benzene rings is 1. The van der Waals surface area contributed by atoms with Crippen LogP contribution in [0.1, 0.15) is 189 Å². The van der Waals surface area contributed by atoms with Crippen molar-refractivity contribution >= 4 is 22.1 Å². The molecule has 0 unspecified atom stereocenters. The van der Waals surface area contributed by atoms with Gasteiger partial charge in [-0.15, -0.1) is 0 Å². The number of unbranched alkanes of at least 4 members (excludes halogenated alkanes) is 22. The highest BCUT2D eigenvalue weighted by molar-refractivity contribution is 7.85. The van der Waals surface area contributed by atoms with E-state index in [0.717, 1.165) is 56.7 Å². The highest BCUT2D eigenvalue weighted by Gasteiger charge is 2.22.